The number of unbranched alkanes of at least 4 members (excludes halogenated alkanes) is 33. The van der Waals surface area contributed by atoms with Gasteiger partial charge < -0.3 is 0 Å². The highest BCUT2D eigenvalue weighted by molar-refractivity contribution is 7.99. The molecule has 0 fully saturated rings. The summed E-state index contributed by atoms with van der Waals surface area (Å²) in [5, 5.41) is 0. The van der Waals surface area contributed by atoms with Crippen molar-refractivity contribution >= 4 is 11.8 Å². The minimum absolute atomic E-state index is 1.37. The molecular weight excluding hydrogens is 500 g/mol. The third-order valence-electron chi connectivity index (χ3n) is 9.03. The van der Waals surface area contributed by atoms with E-state index < -0.39 is 0 Å². The van der Waals surface area contributed by atoms with E-state index in [0.717, 1.165) is 0 Å². The summed E-state index contributed by atoms with van der Waals surface area (Å²) >= 11 is 2.23. The van der Waals surface area contributed by atoms with Gasteiger partial charge in [0.2, 0.25) is 0 Å². The molecule has 0 aliphatic carbocycles. The lowest BCUT2D eigenvalue weighted by Gasteiger charge is -2.05. The molecule has 0 aliphatic heterocycles. The van der Waals surface area contributed by atoms with Gasteiger partial charge in [-0.05, 0) is 24.3 Å². The molecule has 0 saturated heterocycles. The Morgan fingerprint density at radius 2 is 0.350 bits per heavy atom. The van der Waals surface area contributed by atoms with Gasteiger partial charge in [0.1, 0.15) is 0 Å². The fourth-order valence-corrected chi connectivity index (χ4v) is 7.16. The van der Waals surface area contributed by atoms with Crippen molar-refractivity contribution in [1.82, 2.24) is 0 Å². The Labute approximate surface area is 261 Å². The highest BCUT2D eigenvalue weighted by Gasteiger charge is 1.97. The predicted molar refractivity (Wildman–Crippen MR) is 190 cm³/mol. The smallest absolute Gasteiger partial charge is 0.00675 e. The van der Waals surface area contributed by atoms with Crippen molar-refractivity contribution in [3.63, 3.8) is 0 Å². The third-order valence-corrected chi connectivity index (χ3v) is 10.2. The van der Waals surface area contributed by atoms with Gasteiger partial charge in [-0.2, -0.15) is 11.8 Å². The van der Waals surface area contributed by atoms with Crippen LogP contribution >= 0.6 is 11.8 Å². The monoisotopic (exact) mass is 581 g/mol. The van der Waals surface area contributed by atoms with Crippen molar-refractivity contribution in [2.24, 2.45) is 0 Å². The van der Waals surface area contributed by atoms with E-state index in [1.807, 2.05) is 0 Å². The van der Waals surface area contributed by atoms with E-state index in [9.17, 15) is 0 Å². The van der Waals surface area contributed by atoms with Crippen LogP contribution in [0, 0.1) is 0 Å². The van der Waals surface area contributed by atoms with Gasteiger partial charge in [0.25, 0.3) is 0 Å². The third kappa shape index (κ3) is 38.4. The van der Waals surface area contributed by atoms with Crippen LogP contribution in [-0.4, -0.2) is 11.5 Å². The number of thioether (sulfide) groups is 1. The van der Waals surface area contributed by atoms with Gasteiger partial charge in [-0.25, -0.2) is 0 Å². The molecule has 0 N–H and O–H groups in total. The molecule has 0 aromatic rings. The Morgan fingerprint density at radius 1 is 0.200 bits per heavy atom. The molecule has 0 rings (SSSR count). The van der Waals surface area contributed by atoms with Crippen LogP contribution in [-0.2, 0) is 0 Å². The van der Waals surface area contributed by atoms with Gasteiger partial charge in [-0.3, -0.25) is 0 Å². The first-order chi connectivity index (χ1) is 19.9. The molecule has 0 heterocycles. The molecule has 0 bridgehead atoms. The Balaban J connectivity index is 3.01. The zero-order chi connectivity index (χ0) is 28.9. The van der Waals surface area contributed by atoms with Crippen LogP contribution in [0.1, 0.15) is 239 Å². The van der Waals surface area contributed by atoms with Crippen molar-refractivity contribution in [2.75, 3.05) is 11.5 Å². The average molecular weight is 581 g/mol. The molecule has 0 aliphatic rings. The molecule has 0 unspecified atom stereocenters. The Morgan fingerprint density at radius 3 is 0.525 bits per heavy atom. The fraction of sp³-hybridized carbons (Fsp3) is 1.00. The summed E-state index contributed by atoms with van der Waals surface area (Å²) in [5.74, 6) is 2.83. The van der Waals surface area contributed by atoms with E-state index in [0.29, 0.717) is 0 Å². The fourth-order valence-electron chi connectivity index (χ4n) is 6.14. The average Bonchev–Trinajstić information content (AvgIpc) is 2.97. The molecule has 40 heavy (non-hydrogen) atoms. The van der Waals surface area contributed by atoms with Crippen LogP contribution in [0.5, 0.6) is 0 Å². The second-order valence-electron chi connectivity index (χ2n) is 13.3. The molecule has 0 radical (unpaired) electrons. The summed E-state index contributed by atoms with van der Waals surface area (Å²) in [6.07, 6.45) is 51.7. The summed E-state index contributed by atoms with van der Waals surface area (Å²) in [6, 6.07) is 0. The summed E-state index contributed by atoms with van der Waals surface area (Å²) in [5.41, 5.74) is 0. The van der Waals surface area contributed by atoms with E-state index >= 15 is 0 Å². The highest BCUT2D eigenvalue weighted by Crippen LogP contribution is 2.17. The molecule has 0 amide bonds. The SMILES string of the molecule is CCCCCCCCCCCCCCCCCCCCCCCCSCCCCCCCCCCCCCCC. The van der Waals surface area contributed by atoms with E-state index in [1.165, 1.54) is 236 Å². The van der Waals surface area contributed by atoms with E-state index in [2.05, 4.69) is 25.6 Å². The van der Waals surface area contributed by atoms with Gasteiger partial charge in [-0.15, -0.1) is 0 Å². The van der Waals surface area contributed by atoms with Crippen molar-refractivity contribution in [3.8, 4) is 0 Å². The maximum atomic E-state index is 2.31. The van der Waals surface area contributed by atoms with Crippen LogP contribution in [0.2, 0.25) is 0 Å². The standard InChI is InChI=1S/C39H80S/c1-3-5-7-9-11-13-15-17-18-19-20-21-22-23-24-25-27-29-31-33-35-37-39-40-38-36-34-32-30-28-26-16-14-12-10-8-6-4-2/h3-39H2,1-2H3. The molecular formula is C39H80S. The molecule has 1 heteroatoms. The van der Waals surface area contributed by atoms with Gasteiger partial charge in [0.05, 0.1) is 0 Å². The molecule has 0 nitrogen and oxygen atoms in total. The summed E-state index contributed by atoms with van der Waals surface area (Å²) < 4.78 is 0. The summed E-state index contributed by atoms with van der Waals surface area (Å²) in [6.45, 7) is 4.62. The summed E-state index contributed by atoms with van der Waals surface area (Å²) in [7, 11) is 0. The van der Waals surface area contributed by atoms with Crippen molar-refractivity contribution in [3.05, 3.63) is 0 Å². The summed E-state index contributed by atoms with van der Waals surface area (Å²) in [4.78, 5) is 0. The normalized spacial score (nSPS) is 11.6. The second-order valence-corrected chi connectivity index (χ2v) is 14.5. The Bertz CT molecular complexity index is 368. The van der Waals surface area contributed by atoms with Crippen molar-refractivity contribution in [1.29, 1.82) is 0 Å². The first-order valence-electron chi connectivity index (χ1n) is 19.5. The topological polar surface area (TPSA) is 0 Å². The van der Waals surface area contributed by atoms with Crippen LogP contribution in [0.25, 0.3) is 0 Å². The Hall–Kier alpha value is 0.350. The van der Waals surface area contributed by atoms with Gasteiger partial charge in [0, 0.05) is 0 Å². The first-order valence-corrected chi connectivity index (χ1v) is 20.6. The number of hydrogen-bond acceptors (Lipinski definition) is 1. The molecule has 0 atom stereocenters. The van der Waals surface area contributed by atoms with Crippen molar-refractivity contribution < 1.29 is 0 Å². The zero-order valence-electron chi connectivity index (χ0n) is 28.6. The zero-order valence-corrected chi connectivity index (χ0v) is 29.4. The predicted octanol–water partition coefficient (Wildman–Crippen LogP) is 15.4. The minimum Gasteiger partial charge on any atom is -0.162 e. The van der Waals surface area contributed by atoms with Crippen LogP contribution in [0.4, 0.5) is 0 Å². The number of hydrogen-bond donors (Lipinski definition) is 0. The highest BCUT2D eigenvalue weighted by atomic mass is 32.2. The maximum absolute atomic E-state index is 2.31. The molecule has 0 spiro atoms. The molecule has 242 valence electrons. The lowest BCUT2D eigenvalue weighted by Crippen LogP contribution is -1.87. The molecule has 0 aromatic heterocycles. The van der Waals surface area contributed by atoms with Crippen LogP contribution < -0.4 is 0 Å². The lowest BCUT2D eigenvalue weighted by molar-refractivity contribution is 0.520. The minimum atomic E-state index is 1.37. The van der Waals surface area contributed by atoms with E-state index in [1.54, 1.807) is 0 Å². The van der Waals surface area contributed by atoms with Gasteiger partial charge in [0.15, 0.2) is 0 Å². The van der Waals surface area contributed by atoms with Crippen LogP contribution in [0.3, 0.4) is 0 Å². The van der Waals surface area contributed by atoms with E-state index in [4.69, 9.17) is 0 Å². The largest absolute Gasteiger partial charge is 0.162 e. The number of rotatable bonds is 37. The molecule has 0 aromatic carbocycles. The van der Waals surface area contributed by atoms with Crippen LogP contribution in [0.15, 0.2) is 0 Å². The molecule has 0 saturated carbocycles. The first kappa shape index (κ1) is 40.4. The Kier molecular flexibility index (Phi) is 39.7. The maximum Gasteiger partial charge on any atom is -0.00675 e. The van der Waals surface area contributed by atoms with Crippen molar-refractivity contribution in [2.45, 2.75) is 239 Å². The van der Waals surface area contributed by atoms with Gasteiger partial charge >= 0.3 is 0 Å². The lowest BCUT2D eigenvalue weighted by atomic mass is 10.0. The quantitative estimate of drug-likeness (QED) is 0.0658. The van der Waals surface area contributed by atoms with Gasteiger partial charge in [-0.1, -0.05) is 226 Å². The second kappa shape index (κ2) is 39.4. The van der Waals surface area contributed by atoms with E-state index in [-0.39, 0.29) is 0 Å².